The zero-order valence-electron chi connectivity index (χ0n) is 14.9. The highest BCUT2D eigenvalue weighted by Gasteiger charge is 2.18. The summed E-state index contributed by atoms with van der Waals surface area (Å²) in [5.41, 5.74) is 5.81. The summed E-state index contributed by atoms with van der Waals surface area (Å²) in [6.07, 6.45) is 0.519. The molecule has 0 aromatic heterocycles. The van der Waals surface area contributed by atoms with E-state index >= 15 is 0 Å². The molecule has 0 spiro atoms. The molecule has 0 aliphatic rings. The van der Waals surface area contributed by atoms with Crippen LogP contribution >= 0.6 is 0 Å². The van der Waals surface area contributed by atoms with E-state index in [1.165, 1.54) is 24.3 Å². The van der Waals surface area contributed by atoms with Gasteiger partial charge in [0.25, 0.3) is 10.0 Å². The maximum atomic E-state index is 13.6. The summed E-state index contributed by atoms with van der Waals surface area (Å²) in [7, 11) is -4.08. The summed E-state index contributed by atoms with van der Waals surface area (Å²) in [4.78, 5) is 11.9. The Morgan fingerprint density at radius 2 is 1.74 bits per heavy atom. The Morgan fingerprint density at radius 1 is 1.11 bits per heavy atom. The summed E-state index contributed by atoms with van der Waals surface area (Å²) in [6.45, 7) is 3.90. The van der Waals surface area contributed by atoms with Gasteiger partial charge in [0.1, 0.15) is 11.6 Å². The van der Waals surface area contributed by atoms with Crippen molar-refractivity contribution in [3.63, 3.8) is 0 Å². The molecule has 4 N–H and O–H groups in total. The third-order valence-corrected chi connectivity index (χ3v) is 5.05. The summed E-state index contributed by atoms with van der Waals surface area (Å²) < 4.78 is 53.3. The Labute approximate surface area is 156 Å². The average molecular weight is 397 g/mol. The first-order valence-corrected chi connectivity index (χ1v) is 9.71. The van der Waals surface area contributed by atoms with Gasteiger partial charge >= 0.3 is 0 Å². The second-order valence-corrected chi connectivity index (χ2v) is 8.16. The minimum Gasteiger partial charge on any atom is -0.325 e. The largest absolute Gasteiger partial charge is 0.325 e. The van der Waals surface area contributed by atoms with Crippen LogP contribution in [0.5, 0.6) is 0 Å². The molecule has 2 aromatic carbocycles. The van der Waals surface area contributed by atoms with Crippen molar-refractivity contribution in [3.8, 4) is 0 Å². The Hall–Kier alpha value is -2.52. The van der Waals surface area contributed by atoms with Crippen LogP contribution in [0.25, 0.3) is 0 Å². The maximum absolute atomic E-state index is 13.6. The van der Waals surface area contributed by atoms with Crippen molar-refractivity contribution in [2.75, 3.05) is 10.0 Å². The standard InChI is InChI=1S/C18H21F2N3O3S/c1-11(2)9-16(21)18(24)22-13-4-6-14(7-5-13)27(25,26)23-17-8-3-12(19)10-15(17)20/h3-8,10-11,16,23H,9,21H2,1-2H3,(H,22,24)/t16-/m0/s1. The van der Waals surface area contributed by atoms with Crippen molar-refractivity contribution in [2.24, 2.45) is 11.7 Å². The van der Waals surface area contributed by atoms with Crippen molar-refractivity contribution in [2.45, 2.75) is 31.2 Å². The van der Waals surface area contributed by atoms with Crippen LogP contribution in [0.3, 0.4) is 0 Å². The van der Waals surface area contributed by atoms with E-state index < -0.39 is 27.7 Å². The van der Waals surface area contributed by atoms with Crippen molar-refractivity contribution in [1.29, 1.82) is 0 Å². The number of anilines is 2. The third kappa shape index (κ3) is 5.73. The lowest BCUT2D eigenvalue weighted by atomic mass is 10.0. The minimum absolute atomic E-state index is 0.143. The Balaban J connectivity index is 2.10. The van der Waals surface area contributed by atoms with Crippen LogP contribution in [0, 0.1) is 17.6 Å². The highest BCUT2D eigenvalue weighted by Crippen LogP contribution is 2.21. The normalized spacial score (nSPS) is 12.7. The molecule has 146 valence electrons. The fraction of sp³-hybridized carbons (Fsp3) is 0.278. The van der Waals surface area contributed by atoms with Crippen LogP contribution in [0.15, 0.2) is 47.4 Å². The molecule has 27 heavy (non-hydrogen) atoms. The first kappa shape index (κ1) is 20.8. The number of sulfonamides is 1. The molecule has 0 unspecified atom stereocenters. The zero-order valence-corrected chi connectivity index (χ0v) is 15.7. The van der Waals surface area contributed by atoms with E-state index in [-0.39, 0.29) is 22.4 Å². The molecule has 0 bridgehead atoms. The van der Waals surface area contributed by atoms with Gasteiger partial charge in [-0.2, -0.15) is 0 Å². The summed E-state index contributed by atoms with van der Waals surface area (Å²) in [5, 5.41) is 2.61. The molecule has 0 aliphatic carbocycles. The lowest BCUT2D eigenvalue weighted by Gasteiger charge is -2.14. The number of hydrogen-bond donors (Lipinski definition) is 3. The summed E-state index contributed by atoms with van der Waals surface area (Å²) >= 11 is 0. The average Bonchev–Trinajstić information content (AvgIpc) is 2.57. The quantitative estimate of drug-likeness (QED) is 0.668. The van der Waals surface area contributed by atoms with E-state index in [0.717, 1.165) is 12.1 Å². The fourth-order valence-corrected chi connectivity index (χ4v) is 3.41. The van der Waals surface area contributed by atoms with E-state index in [9.17, 15) is 22.0 Å². The SMILES string of the molecule is CC(C)C[C@H](N)C(=O)Nc1ccc(S(=O)(=O)Nc2ccc(F)cc2F)cc1. The number of benzene rings is 2. The van der Waals surface area contributed by atoms with Gasteiger partial charge in [0.05, 0.1) is 16.6 Å². The van der Waals surface area contributed by atoms with Crippen LogP contribution in [-0.4, -0.2) is 20.4 Å². The van der Waals surface area contributed by atoms with Crippen LogP contribution in [-0.2, 0) is 14.8 Å². The Kier molecular flexibility index (Phi) is 6.50. The zero-order chi connectivity index (χ0) is 20.2. The molecule has 0 fully saturated rings. The van der Waals surface area contributed by atoms with Crippen LogP contribution in [0.2, 0.25) is 0 Å². The predicted octanol–water partition coefficient (Wildman–Crippen LogP) is 3.08. The Morgan fingerprint density at radius 3 is 2.30 bits per heavy atom. The molecule has 2 rings (SSSR count). The summed E-state index contributed by atoms with van der Waals surface area (Å²) in [5.74, 6) is -1.95. The van der Waals surface area contributed by atoms with Crippen molar-refractivity contribution in [3.05, 3.63) is 54.1 Å². The first-order chi connectivity index (χ1) is 12.6. The van der Waals surface area contributed by atoms with Gasteiger partial charge in [-0.25, -0.2) is 17.2 Å². The van der Waals surface area contributed by atoms with Gasteiger partial charge in [-0.15, -0.1) is 0 Å². The number of halogens is 2. The molecule has 0 saturated carbocycles. The summed E-state index contributed by atoms with van der Waals surface area (Å²) in [6, 6.07) is 7.16. The lowest BCUT2D eigenvalue weighted by Crippen LogP contribution is -2.36. The van der Waals surface area contributed by atoms with Crippen LogP contribution in [0.1, 0.15) is 20.3 Å². The second kappa shape index (κ2) is 8.45. The van der Waals surface area contributed by atoms with E-state index in [1.807, 2.05) is 13.8 Å². The molecule has 1 amide bonds. The monoisotopic (exact) mass is 397 g/mol. The van der Waals surface area contributed by atoms with Crippen molar-refractivity contribution in [1.82, 2.24) is 0 Å². The number of rotatable bonds is 7. The topological polar surface area (TPSA) is 101 Å². The number of nitrogens with one attached hydrogen (secondary N) is 2. The van der Waals surface area contributed by atoms with Crippen molar-refractivity contribution < 1.29 is 22.0 Å². The van der Waals surface area contributed by atoms with E-state index in [0.29, 0.717) is 18.2 Å². The second-order valence-electron chi connectivity index (χ2n) is 6.48. The van der Waals surface area contributed by atoms with Crippen LogP contribution in [0.4, 0.5) is 20.2 Å². The smallest absolute Gasteiger partial charge is 0.261 e. The molecule has 1 atom stereocenters. The highest BCUT2D eigenvalue weighted by atomic mass is 32.2. The van der Waals surface area contributed by atoms with Gasteiger partial charge < -0.3 is 11.1 Å². The lowest BCUT2D eigenvalue weighted by molar-refractivity contribution is -0.117. The van der Waals surface area contributed by atoms with Crippen LogP contribution < -0.4 is 15.8 Å². The molecular weight excluding hydrogens is 376 g/mol. The molecule has 0 saturated heterocycles. The number of hydrogen-bond acceptors (Lipinski definition) is 4. The van der Waals surface area contributed by atoms with Gasteiger partial charge in [0.2, 0.25) is 5.91 Å². The minimum atomic E-state index is -4.08. The van der Waals surface area contributed by atoms with Gasteiger partial charge in [-0.3, -0.25) is 9.52 Å². The number of carbonyl (C=O) groups is 1. The molecule has 0 aliphatic heterocycles. The molecule has 6 nitrogen and oxygen atoms in total. The van der Waals surface area contributed by atoms with Gasteiger partial charge in [0, 0.05) is 11.8 Å². The van der Waals surface area contributed by atoms with E-state index in [4.69, 9.17) is 5.73 Å². The fourth-order valence-electron chi connectivity index (χ4n) is 2.34. The van der Waals surface area contributed by atoms with Crippen molar-refractivity contribution >= 4 is 27.3 Å². The maximum Gasteiger partial charge on any atom is 0.261 e. The number of carbonyl (C=O) groups excluding carboxylic acids is 1. The Bertz CT molecular complexity index is 916. The number of nitrogens with two attached hydrogens (primary N) is 1. The molecule has 2 aromatic rings. The first-order valence-electron chi connectivity index (χ1n) is 8.23. The van der Waals surface area contributed by atoms with Gasteiger partial charge in [-0.05, 0) is 48.7 Å². The van der Waals surface area contributed by atoms with Gasteiger partial charge in [-0.1, -0.05) is 13.8 Å². The molecule has 0 radical (unpaired) electrons. The van der Waals surface area contributed by atoms with E-state index in [1.54, 1.807) is 0 Å². The highest BCUT2D eigenvalue weighted by molar-refractivity contribution is 7.92. The predicted molar refractivity (Wildman–Crippen MR) is 99.7 cm³/mol. The third-order valence-electron chi connectivity index (χ3n) is 3.67. The molecule has 9 heteroatoms. The molecular formula is C18H21F2N3O3S. The molecule has 0 heterocycles. The number of amides is 1. The van der Waals surface area contributed by atoms with Gasteiger partial charge in [0.15, 0.2) is 0 Å². The van der Waals surface area contributed by atoms with E-state index in [2.05, 4.69) is 10.0 Å².